The molecule has 0 saturated carbocycles. The van der Waals surface area contributed by atoms with Gasteiger partial charge in [-0.15, -0.1) is 0 Å². The Bertz CT molecular complexity index is 1040. The molecule has 0 bridgehead atoms. The van der Waals surface area contributed by atoms with E-state index < -0.39 is 5.60 Å². The number of guanidine groups is 1. The van der Waals surface area contributed by atoms with Crippen LogP contribution in [0.1, 0.15) is 29.5 Å². The third kappa shape index (κ3) is 5.27. The number of hydrogen-bond acceptors (Lipinski definition) is 2. The van der Waals surface area contributed by atoms with Gasteiger partial charge in [0.15, 0.2) is 0 Å². The molecule has 3 aromatic rings. The number of nitrogens with zero attached hydrogens (tertiary/aromatic N) is 2. The van der Waals surface area contributed by atoms with Crippen molar-refractivity contribution < 1.29 is 5.11 Å². The van der Waals surface area contributed by atoms with Crippen LogP contribution in [0.4, 0.5) is 11.4 Å². The Balaban J connectivity index is 1.56. The standard InChI is InChI=1S/C26H28ClN3O/c1-19-3-11-23(12-4-19)28-25(29-24-13-5-20(2)6-14-24)30-17-15-26(31,16-18-30)21-7-9-22(27)10-8-21/h3-14,31H,15-18H2,1-2H3,(H,28,29). The molecule has 0 amide bonds. The second kappa shape index (κ2) is 9.13. The van der Waals surface area contributed by atoms with Gasteiger partial charge in [0.1, 0.15) is 0 Å². The molecule has 1 aliphatic heterocycles. The Morgan fingerprint density at radius 3 is 2.00 bits per heavy atom. The minimum atomic E-state index is -0.847. The Hall–Kier alpha value is -2.82. The fourth-order valence-corrected chi connectivity index (χ4v) is 3.95. The quantitative estimate of drug-likeness (QED) is 0.391. The van der Waals surface area contributed by atoms with Crippen molar-refractivity contribution in [3.05, 3.63) is 94.5 Å². The van der Waals surface area contributed by atoms with Crippen LogP contribution < -0.4 is 5.32 Å². The molecule has 0 aromatic heterocycles. The number of piperidine rings is 1. The summed E-state index contributed by atoms with van der Waals surface area (Å²) in [6, 6.07) is 24.0. The van der Waals surface area contributed by atoms with Crippen molar-refractivity contribution in [1.82, 2.24) is 4.90 Å². The van der Waals surface area contributed by atoms with E-state index in [1.807, 2.05) is 36.4 Å². The van der Waals surface area contributed by atoms with Crippen molar-refractivity contribution in [3.8, 4) is 0 Å². The highest BCUT2D eigenvalue weighted by molar-refractivity contribution is 6.30. The average Bonchev–Trinajstić information content (AvgIpc) is 2.77. The van der Waals surface area contributed by atoms with Crippen LogP contribution in [-0.2, 0) is 5.60 Å². The van der Waals surface area contributed by atoms with E-state index in [0.29, 0.717) is 31.0 Å². The average molecular weight is 434 g/mol. The highest BCUT2D eigenvalue weighted by Gasteiger charge is 2.35. The third-order valence-corrected chi connectivity index (χ3v) is 6.10. The van der Waals surface area contributed by atoms with Gasteiger partial charge in [0.25, 0.3) is 0 Å². The van der Waals surface area contributed by atoms with E-state index in [1.54, 1.807) is 0 Å². The van der Waals surface area contributed by atoms with Crippen LogP contribution in [0.15, 0.2) is 77.8 Å². The summed E-state index contributed by atoms with van der Waals surface area (Å²) < 4.78 is 0. The number of nitrogens with one attached hydrogen (secondary N) is 1. The molecule has 3 aromatic carbocycles. The first-order valence-electron chi connectivity index (χ1n) is 10.6. The van der Waals surface area contributed by atoms with E-state index in [0.717, 1.165) is 22.9 Å². The summed E-state index contributed by atoms with van der Waals surface area (Å²) >= 11 is 6.02. The van der Waals surface area contributed by atoms with Gasteiger partial charge in [-0.25, -0.2) is 4.99 Å². The van der Waals surface area contributed by atoms with Crippen molar-refractivity contribution in [2.45, 2.75) is 32.3 Å². The fraction of sp³-hybridized carbons (Fsp3) is 0.269. The highest BCUT2D eigenvalue weighted by atomic mass is 35.5. The van der Waals surface area contributed by atoms with Crippen molar-refractivity contribution in [2.75, 3.05) is 18.4 Å². The van der Waals surface area contributed by atoms with E-state index in [1.165, 1.54) is 11.1 Å². The van der Waals surface area contributed by atoms with Gasteiger partial charge in [0.2, 0.25) is 5.96 Å². The molecule has 160 valence electrons. The summed E-state index contributed by atoms with van der Waals surface area (Å²) in [4.78, 5) is 7.12. The second-order valence-electron chi connectivity index (χ2n) is 8.29. The van der Waals surface area contributed by atoms with Crippen LogP contribution in [0, 0.1) is 13.8 Å². The molecule has 1 fully saturated rings. The van der Waals surface area contributed by atoms with Gasteiger partial charge in [-0.3, -0.25) is 0 Å². The van der Waals surface area contributed by atoms with Crippen LogP contribution in [0.25, 0.3) is 0 Å². The Labute approximate surface area is 189 Å². The first-order valence-corrected chi connectivity index (χ1v) is 11.0. The highest BCUT2D eigenvalue weighted by Crippen LogP contribution is 2.34. The van der Waals surface area contributed by atoms with Gasteiger partial charge in [-0.05, 0) is 68.7 Å². The maximum Gasteiger partial charge on any atom is 0.203 e. The SMILES string of the molecule is Cc1ccc(N=C(Nc2ccc(C)cc2)N2CCC(O)(c3ccc(Cl)cc3)CC2)cc1. The fourth-order valence-electron chi connectivity index (χ4n) is 3.82. The van der Waals surface area contributed by atoms with E-state index in [-0.39, 0.29) is 0 Å². The van der Waals surface area contributed by atoms with E-state index in [2.05, 4.69) is 60.5 Å². The van der Waals surface area contributed by atoms with Crippen LogP contribution in [0.5, 0.6) is 0 Å². The molecule has 0 spiro atoms. The first-order chi connectivity index (χ1) is 14.9. The Morgan fingerprint density at radius 1 is 0.871 bits per heavy atom. The van der Waals surface area contributed by atoms with Crippen molar-refractivity contribution in [3.63, 3.8) is 0 Å². The molecule has 1 heterocycles. The molecule has 0 radical (unpaired) electrons. The van der Waals surface area contributed by atoms with Gasteiger partial charge in [0, 0.05) is 23.8 Å². The first kappa shape index (κ1) is 21.4. The molecule has 0 atom stereocenters. The maximum absolute atomic E-state index is 11.2. The summed E-state index contributed by atoms with van der Waals surface area (Å²) in [6.45, 7) is 5.54. The van der Waals surface area contributed by atoms with E-state index >= 15 is 0 Å². The van der Waals surface area contributed by atoms with Gasteiger partial charge in [-0.1, -0.05) is 59.1 Å². The van der Waals surface area contributed by atoms with Crippen molar-refractivity contribution >= 4 is 28.9 Å². The molecule has 1 saturated heterocycles. The zero-order chi connectivity index (χ0) is 21.8. The molecule has 5 heteroatoms. The summed E-state index contributed by atoms with van der Waals surface area (Å²) in [7, 11) is 0. The summed E-state index contributed by atoms with van der Waals surface area (Å²) in [5.41, 5.74) is 4.39. The van der Waals surface area contributed by atoms with Gasteiger partial charge in [0.05, 0.1) is 11.3 Å². The number of aliphatic imine (C=N–C) groups is 1. The van der Waals surface area contributed by atoms with Crippen LogP contribution in [0.2, 0.25) is 5.02 Å². The summed E-state index contributed by atoms with van der Waals surface area (Å²) in [5, 5.41) is 15.4. The Kier molecular flexibility index (Phi) is 6.30. The lowest BCUT2D eigenvalue weighted by molar-refractivity contribution is -0.0121. The number of aryl methyl sites for hydroxylation is 2. The molecule has 4 nitrogen and oxygen atoms in total. The number of aliphatic hydroxyl groups is 1. The maximum atomic E-state index is 11.2. The minimum Gasteiger partial charge on any atom is -0.385 e. The number of anilines is 1. The van der Waals surface area contributed by atoms with Gasteiger partial charge >= 0.3 is 0 Å². The predicted octanol–water partition coefficient (Wildman–Crippen LogP) is 6.04. The van der Waals surface area contributed by atoms with Crippen molar-refractivity contribution in [1.29, 1.82) is 0 Å². The minimum absolute atomic E-state index is 0.622. The zero-order valence-electron chi connectivity index (χ0n) is 18.0. The van der Waals surface area contributed by atoms with Gasteiger partial charge in [-0.2, -0.15) is 0 Å². The molecule has 2 N–H and O–H groups in total. The predicted molar refractivity (Wildman–Crippen MR) is 129 cm³/mol. The molecular weight excluding hydrogens is 406 g/mol. The number of likely N-dealkylation sites (tertiary alicyclic amines) is 1. The Morgan fingerprint density at radius 2 is 1.42 bits per heavy atom. The van der Waals surface area contributed by atoms with E-state index in [9.17, 15) is 5.11 Å². The largest absolute Gasteiger partial charge is 0.385 e. The third-order valence-electron chi connectivity index (χ3n) is 5.85. The lowest BCUT2D eigenvalue weighted by Crippen LogP contribution is -2.47. The number of hydrogen-bond donors (Lipinski definition) is 2. The number of rotatable bonds is 3. The molecule has 0 aliphatic carbocycles. The topological polar surface area (TPSA) is 47.9 Å². The van der Waals surface area contributed by atoms with Crippen LogP contribution >= 0.6 is 11.6 Å². The van der Waals surface area contributed by atoms with Crippen LogP contribution in [0.3, 0.4) is 0 Å². The molecule has 0 unspecified atom stereocenters. The van der Waals surface area contributed by atoms with Crippen molar-refractivity contribution in [2.24, 2.45) is 4.99 Å². The normalized spacial score (nSPS) is 16.3. The molecule has 31 heavy (non-hydrogen) atoms. The lowest BCUT2D eigenvalue weighted by atomic mass is 9.84. The number of benzene rings is 3. The number of halogens is 1. The molecular formula is C26H28ClN3O. The monoisotopic (exact) mass is 433 g/mol. The van der Waals surface area contributed by atoms with Gasteiger partial charge < -0.3 is 15.3 Å². The summed E-state index contributed by atoms with van der Waals surface area (Å²) in [6.07, 6.45) is 1.24. The van der Waals surface area contributed by atoms with E-state index in [4.69, 9.17) is 16.6 Å². The lowest BCUT2D eigenvalue weighted by Gasteiger charge is -2.40. The molecule has 4 rings (SSSR count). The zero-order valence-corrected chi connectivity index (χ0v) is 18.7. The molecule has 1 aliphatic rings. The van der Waals surface area contributed by atoms with Crippen LogP contribution in [-0.4, -0.2) is 29.1 Å². The summed E-state index contributed by atoms with van der Waals surface area (Å²) in [5.74, 6) is 0.797. The second-order valence-corrected chi connectivity index (χ2v) is 8.72. The smallest absolute Gasteiger partial charge is 0.203 e.